The van der Waals surface area contributed by atoms with Crippen molar-refractivity contribution in [2.24, 2.45) is 9.98 Å². The van der Waals surface area contributed by atoms with Gasteiger partial charge in [0.25, 0.3) is 17.5 Å². The number of fused-ring (bicyclic) bond motifs is 9. The van der Waals surface area contributed by atoms with Gasteiger partial charge in [-0.3, -0.25) is 14.5 Å². The zero-order valence-electron chi connectivity index (χ0n) is 29.2. The van der Waals surface area contributed by atoms with Crippen molar-refractivity contribution in [1.29, 1.82) is 15.8 Å². The summed E-state index contributed by atoms with van der Waals surface area (Å²) in [5.74, 6) is 0.830. The quantitative estimate of drug-likeness (QED) is 0.144. The number of rotatable bonds is 4. The van der Waals surface area contributed by atoms with Crippen LogP contribution in [0.5, 0.6) is 11.5 Å². The number of nitrogens with zero attached hydrogens (tertiary/aromatic N) is 8. The van der Waals surface area contributed by atoms with E-state index in [2.05, 4.69) is 4.85 Å². The van der Waals surface area contributed by atoms with Gasteiger partial charge >= 0.3 is 0 Å². The number of amides is 2. The van der Waals surface area contributed by atoms with Gasteiger partial charge in [-0.15, -0.1) is 45.3 Å². The molecule has 0 unspecified atom stereocenters. The molecule has 2 amide bonds. The lowest BCUT2D eigenvalue weighted by molar-refractivity contribution is -0.121. The van der Waals surface area contributed by atoms with Crippen LogP contribution in [0, 0.1) is 40.6 Å². The first-order chi connectivity index (χ1) is 25.8. The Morgan fingerprint density at radius 3 is 1.59 bits per heavy atom. The summed E-state index contributed by atoms with van der Waals surface area (Å²) in [6.45, 7) is 19.6. The fraction of sp³-hybridized carbons (Fsp3) is 0.278. The number of thiophene rings is 4. The highest BCUT2D eigenvalue weighted by Crippen LogP contribution is 2.65. The highest BCUT2D eigenvalue weighted by Gasteiger charge is 2.43. The number of nitriles is 3. The second kappa shape index (κ2) is 12.8. The van der Waals surface area contributed by atoms with Gasteiger partial charge in [0.2, 0.25) is 0 Å². The van der Waals surface area contributed by atoms with Crippen molar-refractivity contribution in [3.63, 3.8) is 0 Å². The predicted octanol–water partition coefficient (Wildman–Crippen LogP) is 9.80. The van der Waals surface area contributed by atoms with Gasteiger partial charge in [-0.2, -0.15) is 10.5 Å². The molecule has 4 aromatic rings. The lowest BCUT2D eigenvalue weighted by Crippen LogP contribution is -2.27. The molecule has 268 valence electrons. The van der Waals surface area contributed by atoms with E-state index in [0.717, 1.165) is 75.1 Å². The van der Waals surface area contributed by atoms with Crippen molar-refractivity contribution in [2.75, 3.05) is 13.1 Å². The minimum Gasteiger partial charge on any atom is -0.480 e. The Morgan fingerprint density at radius 1 is 0.741 bits per heavy atom. The van der Waals surface area contributed by atoms with Crippen LogP contribution >= 0.6 is 68.9 Å². The molecule has 54 heavy (non-hydrogen) atoms. The lowest BCUT2D eigenvalue weighted by Gasteiger charge is -2.31. The van der Waals surface area contributed by atoms with E-state index in [4.69, 9.17) is 26.0 Å². The number of hydrogen-bond donors (Lipinski definition) is 0. The molecule has 0 N–H and O–H groups in total. The first-order valence-corrected chi connectivity index (χ1v) is 21.2. The van der Waals surface area contributed by atoms with Gasteiger partial charge in [-0.05, 0) is 65.4 Å². The summed E-state index contributed by atoms with van der Waals surface area (Å²) in [6, 6.07) is 9.54. The molecule has 0 aliphatic carbocycles. The molecule has 0 spiro atoms. The zero-order valence-corrected chi connectivity index (χ0v) is 34.1. The molecule has 8 rings (SSSR count). The van der Waals surface area contributed by atoms with Gasteiger partial charge in [0.05, 0.1) is 41.5 Å². The first kappa shape index (κ1) is 36.1. The zero-order chi connectivity index (χ0) is 38.4. The minimum atomic E-state index is -0.723. The van der Waals surface area contributed by atoms with Crippen LogP contribution in [0.15, 0.2) is 43.4 Å². The number of thioether (sulfide) groups is 2. The van der Waals surface area contributed by atoms with Crippen LogP contribution in [0.3, 0.4) is 0 Å². The third kappa shape index (κ3) is 5.32. The Morgan fingerprint density at radius 2 is 1.19 bits per heavy atom. The monoisotopic (exact) mass is 824 g/mol. The topological polar surface area (TPSA) is 160 Å². The average Bonchev–Trinajstić information content (AvgIpc) is 3.98. The third-order valence-corrected chi connectivity index (χ3v) is 15.9. The summed E-state index contributed by atoms with van der Waals surface area (Å²) in [7, 11) is 0. The van der Waals surface area contributed by atoms with Crippen molar-refractivity contribution < 1.29 is 19.1 Å². The summed E-state index contributed by atoms with van der Waals surface area (Å²) in [4.78, 5) is 46.0. The number of carbonyl (C=O) groups excluding carboxylic acids is 2. The maximum Gasteiger partial charge on any atom is 0.291 e. The van der Waals surface area contributed by atoms with Gasteiger partial charge in [-0.25, -0.2) is 20.1 Å². The van der Waals surface area contributed by atoms with Crippen molar-refractivity contribution in [3.8, 4) is 49.2 Å². The van der Waals surface area contributed by atoms with Crippen LogP contribution in [-0.4, -0.2) is 44.8 Å². The van der Waals surface area contributed by atoms with Gasteiger partial charge in [0.1, 0.15) is 43.4 Å². The highest BCUT2D eigenvalue weighted by molar-refractivity contribution is 8.20. The standard InChI is InChI=1S/C36H24N8O4S6/c1-8-43-31(45)29(53-33(43)15(12-37)13-38)41-19-10-16-23(49-19)25-21(47-35(16,3)4)27-28(51-25)22-26(52-27)24-17(36(5,6)48-22)11-20(50-24)42-30-32(46)44(9-2)34(54-30)18(14-39)40-7/h10-11H,8-9H2,1-6H3/b34-18-,41-29?,42-30?. The van der Waals surface area contributed by atoms with E-state index in [0.29, 0.717) is 33.1 Å². The van der Waals surface area contributed by atoms with E-state index in [-0.39, 0.29) is 33.2 Å². The first-order valence-electron chi connectivity index (χ1n) is 16.3. The Labute approximate surface area is 333 Å². The minimum absolute atomic E-state index is 0.123. The number of carbonyl (C=O) groups is 2. The molecule has 4 aromatic heterocycles. The van der Waals surface area contributed by atoms with E-state index in [1.165, 1.54) is 32.5 Å². The maximum absolute atomic E-state index is 13.3. The molecule has 2 fully saturated rings. The largest absolute Gasteiger partial charge is 0.480 e. The lowest BCUT2D eigenvalue weighted by atomic mass is 9.95. The molecule has 0 atom stereocenters. The number of allylic oxidation sites excluding steroid dienone is 2. The smallest absolute Gasteiger partial charge is 0.291 e. The maximum atomic E-state index is 13.3. The molecule has 12 nitrogen and oxygen atoms in total. The molecule has 2 saturated heterocycles. The molecule has 0 aromatic carbocycles. The van der Waals surface area contributed by atoms with Gasteiger partial charge < -0.3 is 14.4 Å². The van der Waals surface area contributed by atoms with Crippen molar-refractivity contribution in [3.05, 3.63) is 56.0 Å². The van der Waals surface area contributed by atoms with Crippen molar-refractivity contribution in [2.45, 2.75) is 52.7 Å². The van der Waals surface area contributed by atoms with Gasteiger partial charge in [0, 0.05) is 24.2 Å². The predicted molar refractivity (Wildman–Crippen MR) is 215 cm³/mol. The Bertz CT molecular complexity index is 2490. The van der Waals surface area contributed by atoms with Crippen LogP contribution < -0.4 is 9.47 Å². The third-order valence-electron chi connectivity index (χ3n) is 8.95. The second-order valence-electron chi connectivity index (χ2n) is 13.0. The number of hydrogen-bond acceptors (Lipinski definition) is 15. The summed E-state index contributed by atoms with van der Waals surface area (Å²) >= 11 is 8.18. The second-order valence-corrected chi connectivity index (χ2v) is 19.0. The van der Waals surface area contributed by atoms with E-state index in [9.17, 15) is 25.4 Å². The summed E-state index contributed by atoms with van der Waals surface area (Å²) in [5, 5.41) is 30.6. The molecular formula is C36H24N8O4S6. The number of ether oxygens (including phenoxy) is 2. The summed E-state index contributed by atoms with van der Waals surface area (Å²) in [6.07, 6.45) is 0. The normalized spacial score (nSPS) is 20.1. The molecule has 4 aliphatic heterocycles. The van der Waals surface area contributed by atoms with Crippen LogP contribution in [0.4, 0.5) is 10.0 Å². The van der Waals surface area contributed by atoms with E-state index in [1.54, 1.807) is 36.5 Å². The fourth-order valence-electron chi connectivity index (χ4n) is 6.41. The van der Waals surface area contributed by atoms with Crippen molar-refractivity contribution in [1.82, 2.24) is 9.80 Å². The van der Waals surface area contributed by atoms with E-state index < -0.39 is 11.2 Å². The number of aliphatic imine (C=N–C) groups is 2. The Balaban J connectivity index is 1.19. The molecule has 18 heteroatoms. The van der Waals surface area contributed by atoms with Gasteiger partial charge in [-0.1, -0.05) is 11.8 Å². The molecule has 0 saturated carbocycles. The SMILES string of the molecule is [C-]#[N+]/C(C#N)=C1\SC(=Nc2cc3c(s2)-c2sc4c5c(sc4c2OC3(C)C)-c2sc(N=C3SC(=C(C#N)C#N)N(CC)C3=O)cc2C(C)(C)O5)C(=O)N1CC. The van der Waals surface area contributed by atoms with E-state index in [1.807, 2.05) is 58.0 Å². The fourth-order valence-corrected chi connectivity index (χ4v) is 13.9. The van der Waals surface area contributed by atoms with Crippen LogP contribution in [-0.2, 0) is 20.8 Å². The molecule has 4 aliphatic rings. The van der Waals surface area contributed by atoms with E-state index >= 15 is 0 Å². The van der Waals surface area contributed by atoms with Gasteiger partial charge in [0.15, 0.2) is 27.2 Å². The van der Waals surface area contributed by atoms with Crippen LogP contribution in [0.2, 0.25) is 0 Å². The average molecular weight is 825 g/mol. The molecule has 0 bridgehead atoms. The molecule has 0 radical (unpaired) electrons. The van der Waals surface area contributed by atoms with Crippen LogP contribution in [0.1, 0.15) is 52.7 Å². The van der Waals surface area contributed by atoms with Crippen molar-refractivity contribution >= 4 is 110 Å². The summed E-state index contributed by atoms with van der Waals surface area (Å²) in [5.41, 5.74) is 0.182. The van der Waals surface area contributed by atoms with Crippen LogP contribution in [0.25, 0.3) is 33.8 Å². The molecule has 8 heterocycles. The Hall–Kier alpha value is -4.92. The highest BCUT2D eigenvalue weighted by atomic mass is 32.2. The summed E-state index contributed by atoms with van der Waals surface area (Å²) < 4.78 is 15.4. The Kier molecular flexibility index (Phi) is 8.58. The molecular weight excluding hydrogens is 801 g/mol.